The van der Waals surface area contributed by atoms with Gasteiger partial charge in [-0.3, -0.25) is 4.90 Å². The molecule has 1 aliphatic rings. The fourth-order valence-corrected chi connectivity index (χ4v) is 2.47. The molecule has 98 valence electrons. The highest BCUT2D eigenvalue weighted by Crippen LogP contribution is 2.22. The van der Waals surface area contributed by atoms with Crippen LogP contribution in [0.3, 0.4) is 0 Å². The van der Waals surface area contributed by atoms with E-state index in [1.165, 1.54) is 12.8 Å². The van der Waals surface area contributed by atoms with Gasteiger partial charge in [0.25, 0.3) is 0 Å². The average Bonchev–Trinajstić information content (AvgIpc) is 2.84. The van der Waals surface area contributed by atoms with Crippen LogP contribution >= 0.6 is 15.9 Å². The van der Waals surface area contributed by atoms with Gasteiger partial charge in [-0.05, 0) is 60.1 Å². The molecule has 1 saturated heterocycles. The molecule has 1 fully saturated rings. The highest BCUT2D eigenvalue weighted by Gasteiger charge is 2.12. The van der Waals surface area contributed by atoms with Gasteiger partial charge in [-0.1, -0.05) is 0 Å². The summed E-state index contributed by atoms with van der Waals surface area (Å²) in [5.74, 6) is -0.346. The quantitative estimate of drug-likeness (QED) is 0.908. The number of rotatable bonds is 5. The summed E-state index contributed by atoms with van der Waals surface area (Å²) < 4.78 is 6.16. The van der Waals surface area contributed by atoms with Crippen LogP contribution in [0.25, 0.3) is 0 Å². The number of benzene rings is 1. The third kappa shape index (κ3) is 3.46. The number of aromatic carboxylic acids is 1. The lowest BCUT2D eigenvalue weighted by Gasteiger charge is -2.15. The lowest BCUT2D eigenvalue weighted by atomic mass is 10.2. The van der Waals surface area contributed by atoms with Crippen LogP contribution in [-0.4, -0.2) is 42.2 Å². The smallest absolute Gasteiger partial charge is 0.336 e. The molecule has 0 radical (unpaired) electrons. The van der Waals surface area contributed by atoms with Crippen molar-refractivity contribution in [3.8, 4) is 5.75 Å². The Morgan fingerprint density at radius 1 is 1.39 bits per heavy atom. The molecule has 0 bridgehead atoms. The molecule has 0 saturated carbocycles. The first-order valence-electron chi connectivity index (χ1n) is 6.05. The Hall–Kier alpha value is -1.07. The van der Waals surface area contributed by atoms with Crippen molar-refractivity contribution in [1.82, 2.24) is 4.90 Å². The van der Waals surface area contributed by atoms with E-state index in [4.69, 9.17) is 9.84 Å². The first-order chi connectivity index (χ1) is 8.66. The van der Waals surface area contributed by atoms with Gasteiger partial charge in [-0.2, -0.15) is 0 Å². The number of hydrogen-bond acceptors (Lipinski definition) is 3. The van der Waals surface area contributed by atoms with Gasteiger partial charge in [0.15, 0.2) is 0 Å². The van der Waals surface area contributed by atoms with Crippen LogP contribution in [-0.2, 0) is 0 Å². The third-order valence-corrected chi connectivity index (χ3v) is 3.73. The van der Waals surface area contributed by atoms with Gasteiger partial charge in [-0.25, -0.2) is 4.79 Å². The molecule has 1 heterocycles. The van der Waals surface area contributed by atoms with Crippen LogP contribution in [0.4, 0.5) is 0 Å². The van der Waals surface area contributed by atoms with Crippen LogP contribution in [0.5, 0.6) is 5.75 Å². The van der Waals surface area contributed by atoms with Gasteiger partial charge < -0.3 is 9.84 Å². The maximum atomic E-state index is 11.0. The molecule has 1 aromatic carbocycles. The Morgan fingerprint density at radius 2 is 2.11 bits per heavy atom. The number of hydrogen-bond donors (Lipinski definition) is 1. The number of nitrogens with zero attached hydrogens (tertiary/aromatic N) is 1. The molecule has 1 aliphatic heterocycles. The number of halogens is 1. The Balaban J connectivity index is 1.88. The van der Waals surface area contributed by atoms with Gasteiger partial charge in [0.05, 0.1) is 5.56 Å². The first kappa shape index (κ1) is 13.4. The van der Waals surface area contributed by atoms with Crippen molar-refractivity contribution in [1.29, 1.82) is 0 Å². The topological polar surface area (TPSA) is 49.8 Å². The zero-order valence-electron chi connectivity index (χ0n) is 10.1. The molecule has 4 nitrogen and oxygen atoms in total. The third-order valence-electron chi connectivity index (χ3n) is 3.04. The van der Waals surface area contributed by atoms with Gasteiger partial charge in [0.1, 0.15) is 12.4 Å². The zero-order chi connectivity index (χ0) is 13.0. The van der Waals surface area contributed by atoms with Crippen molar-refractivity contribution in [3.63, 3.8) is 0 Å². The van der Waals surface area contributed by atoms with E-state index in [1.54, 1.807) is 18.2 Å². The summed E-state index contributed by atoms with van der Waals surface area (Å²) in [6.07, 6.45) is 2.53. The second kappa shape index (κ2) is 6.20. The normalized spacial score (nSPS) is 15.8. The Morgan fingerprint density at radius 3 is 2.78 bits per heavy atom. The number of carboxylic acid groups (broad SMARTS) is 1. The minimum atomic E-state index is -0.952. The van der Waals surface area contributed by atoms with Crippen LogP contribution < -0.4 is 4.74 Å². The summed E-state index contributed by atoms with van der Waals surface area (Å²) in [6.45, 7) is 3.79. The number of likely N-dealkylation sites (tertiary alicyclic amines) is 1. The van der Waals surface area contributed by atoms with Crippen molar-refractivity contribution in [2.75, 3.05) is 26.2 Å². The molecule has 0 spiro atoms. The molecular formula is C13H16BrNO3. The summed E-state index contributed by atoms with van der Waals surface area (Å²) >= 11 is 3.21. The summed E-state index contributed by atoms with van der Waals surface area (Å²) in [4.78, 5) is 13.3. The van der Waals surface area contributed by atoms with Crippen LogP contribution in [0, 0.1) is 0 Å². The van der Waals surface area contributed by atoms with E-state index in [1.807, 2.05) is 0 Å². The number of carbonyl (C=O) groups is 1. The summed E-state index contributed by atoms with van der Waals surface area (Å²) in [7, 11) is 0. The molecule has 18 heavy (non-hydrogen) atoms. The highest BCUT2D eigenvalue weighted by atomic mass is 79.9. The minimum Gasteiger partial charge on any atom is -0.492 e. The standard InChI is InChI=1S/C13H16BrNO3/c14-12-4-3-10(9-11(12)13(16)17)18-8-7-15-5-1-2-6-15/h3-4,9H,1-2,5-8H2,(H,16,17). The van der Waals surface area contributed by atoms with Crippen molar-refractivity contribution in [2.24, 2.45) is 0 Å². The minimum absolute atomic E-state index is 0.230. The van der Waals surface area contributed by atoms with E-state index in [9.17, 15) is 4.79 Å². The molecular weight excluding hydrogens is 298 g/mol. The summed E-state index contributed by atoms with van der Waals surface area (Å²) in [5.41, 5.74) is 0.230. The Labute approximate surface area is 115 Å². The molecule has 0 atom stereocenters. The molecule has 1 aromatic rings. The molecule has 0 unspecified atom stereocenters. The van der Waals surface area contributed by atoms with Crippen LogP contribution in [0.2, 0.25) is 0 Å². The van der Waals surface area contributed by atoms with Crippen molar-refractivity contribution < 1.29 is 14.6 Å². The van der Waals surface area contributed by atoms with Crippen LogP contribution in [0.15, 0.2) is 22.7 Å². The predicted molar refractivity (Wildman–Crippen MR) is 72.3 cm³/mol. The SMILES string of the molecule is O=C(O)c1cc(OCCN2CCCC2)ccc1Br. The van der Waals surface area contributed by atoms with Gasteiger partial charge >= 0.3 is 5.97 Å². The summed E-state index contributed by atoms with van der Waals surface area (Å²) in [6, 6.07) is 5.03. The lowest BCUT2D eigenvalue weighted by Crippen LogP contribution is -2.25. The van der Waals surface area contributed by atoms with E-state index < -0.39 is 5.97 Å². The molecule has 5 heteroatoms. The van der Waals surface area contributed by atoms with E-state index in [0.717, 1.165) is 19.6 Å². The zero-order valence-corrected chi connectivity index (χ0v) is 11.6. The number of ether oxygens (including phenoxy) is 1. The van der Waals surface area contributed by atoms with Crippen molar-refractivity contribution in [3.05, 3.63) is 28.2 Å². The Bertz CT molecular complexity index is 430. The van der Waals surface area contributed by atoms with Crippen molar-refractivity contribution >= 4 is 21.9 Å². The lowest BCUT2D eigenvalue weighted by molar-refractivity contribution is 0.0695. The predicted octanol–water partition coefficient (Wildman–Crippen LogP) is 2.62. The van der Waals surface area contributed by atoms with Gasteiger partial charge in [0.2, 0.25) is 0 Å². The van der Waals surface area contributed by atoms with E-state index in [0.29, 0.717) is 16.8 Å². The first-order valence-corrected chi connectivity index (χ1v) is 6.84. The molecule has 1 N–H and O–H groups in total. The summed E-state index contributed by atoms with van der Waals surface area (Å²) in [5, 5.41) is 8.99. The van der Waals surface area contributed by atoms with Crippen molar-refractivity contribution in [2.45, 2.75) is 12.8 Å². The van der Waals surface area contributed by atoms with E-state index in [2.05, 4.69) is 20.8 Å². The second-order valence-corrected chi connectivity index (χ2v) is 5.20. The molecule has 0 aliphatic carbocycles. The maximum Gasteiger partial charge on any atom is 0.336 e. The molecule has 2 rings (SSSR count). The van der Waals surface area contributed by atoms with E-state index >= 15 is 0 Å². The fraction of sp³-hybridized carbons (Fsp3) is 0.462. The largest absolute Gasteiger partial charge is 0.492 e. The Kier molecular flexibility index (Phi) is 4.60. The fourth-order valence-electron chi connectivity index (χ4n) is 2.06. The van der Waals surface area contributed by atoms with Gasteiger partial charge in [-0.15, -0.1) is 0 Å². The van der Waals surface area contributed by atoms with Gasteiger partial charge in [0, 0.05) is 11.0 Å². The highest BCUT2D eigenvalue weighted by molar-refractivity contribution is 9.10. The maximum absolute atomic E-state index is 11.0. The molecule has 0 aromatic heterocycles. The second-order valence-electron chi connectivity index (χ2n) is 4.34. The molecule has 0 amide bonds. The van der Waals surface area contributed by atoms with Crippen LogP contribution in [0.1, 0.15) is 23.2 Å². The monoisotopic (exact) mass is 313 g/mol. The number of carboxylic acids is 1. The average molecular weight is 314 g/mol. The van der Waals surface area contributed by atoms with E-state index in [-0.39, 0.29) is 5.56 Å².